The van der Waals surface area contributed by atoms with Crippen LogP contribution < -0.4 is 10.5 Å². The van der Waals surface area contributed by atoms with E-state index in [1.165, 1.54) is 0 Å². The molecule has 1 aliphatic rings. The number of nitrogens with zero attached hydrogens (tertiary/aromatic N) is 3. The van der Waals surface area contributed by atoms with Gasteiger partial charge in [-0.1, -0.05) is 24.3 Å². The van der Waals surface area contributed by atoms with Gasteiger partial charge in [0.25, 0.3) is 0 Å². The molecule has 3 aromatic rings. The van der Waals surface area contributed by atoms with Gasteiger partial charge in [-0.3, -0.25) is 0 Å². The van der Waals surface area contributed by atoms with Crippen LogP contribution in [0.5, 0.6) is 5.75 Å². The molecule has 2 heterocycles. The van der Waals surface area contributed by atoms with E-state index in [1.807, 2.05) is 43.3 Å². The Morgan fingerprint density at radius 1 is 1.00 bits per heavy atom. The number of azo groups is 1. The molecule has 126 valence electrons. The van der Waals surface area contributed by atoms with E-state index >= 15 is 0 Å². The van der Waals surface area contributed by atoms with Gasteiger partial charge in [0.15, 0.2) is 0 Å². The minimum atomic E-state index is -0.574. The Hall–Kier alpha value is -3.15. The molecular formula is C19H17N3O3. The van der Waals surface area contributed by atoms with Crippen molar-refractivity contribution in [1.29, 1.82) is 0 Å². The molecule has 0 saturated heterocycles. The van der Waals surface area contributed by atoms with Crippen LogP contribution in [0.2, 0.25) is 0 Å². The average molecular weight is 335 g/mol. The van der Waals surface area contributed by atoms with Crippen molar-refractivity contribution in [2.75, 3.05) is 19.0 Å². The Morgan fingerprint density at radius 3 is 2.32 bits per heavy atom. The van der Waals surface area contributed by atoms with Crippen LogP contribution in [0, 0.1) is 0 Å². The highest BCUT2D eigenvalue weighted by Gasteiger charge is 2.36. The van der Waals surface area contributed by atoms with Crippen molar-refractivity contribution in [3.63, 3.8) is 0 Å². The smallest absolute Gasteiger partial charge is 0.345 e. The molecular weight excluding hydrogens is 318 g/mol. The molecule has 1 aliphatic heterocycles. The van der Waals surface area contributed by atoms with Gasteiger partial charge in [-0.15, -0.1) is 0 Å². The SMILES string of the molecule is CN(C)c1ccc(C2N=NC2c2c(O)c3ccccc3oc2=O)cc1. The van der Waals surface area contributed by atoms with Gasteiger partial charge in [0.2, 0.25) is 0 Å². The summed E-state index contributed by atoms with van der Waals surface area (Å²) in [5.74, 6) is -0.0783. The molecule has 0 fully saturated rings. The number of hydrogen-bond donors (Lipinski definition) is 1. The number of hydrogen-bond acceptors (Lipinski definition) is 6. The van der Waals surface area contributed by atoms with Crippen LogP contribution in [0.4, 0.5) is 5.69 Å². The van der Waals surface area contributed by atoms with Crippen molar-refractivity contribution in [3.8, 4) is 5.75 Å². The van der Waals surface area contributed by atoms with Crippen molar-refractivity contribution < 1.29 is 9.52 Å². The normalized spacial score (nSPS) is 19.0. The summed E-state index contributed by atoms with van der Waals surface area (Å²) >= 11 is 0. The second-order valence-electron chi connectivity index (χ2n) is 6.25. The first-order valence-electron chi connectivity index (χ1n) is 7.98. The zero-order valence-electron chi connectivity index (χ0n) is 13.9. The summed E-state index contributed by atoms with van der Waals surface area (Å²) in [6.45, 7) is 0. The quantitative estimate of drug-likeness (QED) is 0.738. The Labute approximate surface area is 144 Å². The van der Waals surface area contributed by atoms with Gasteiger partial charge in [-0.05, 0) is 29.8 Å². The van der Waals surface area contributed by atoms with E-state index in [1.54, 1.807) is 24.3 Å². The number of benzene rings is 2. The Kier molecular flexibility index (Phi) is 3.53. The largest absolute Gasteiger partial charge is 0.507 e. The minimum Gasteiger partial charge on any atom is -0.507 e. The number of rotatable bonds is 3. The van der Waals surface area contributed by atoms with E-state index in [-0.39, 0.29) is 17.4 Å². The zero-order valence-corrected chi connectivity index (χ0v) is 13.9. The summed E-state index contributed by atoms with van der Waals surface area (Å²) < 4.78 is 5.34. The monoisotopic (exact) mass is 335 g/mol. The molecule has 0 amide bonds. The maximum absolute atomic E-state index is 12.4. The van der Waals surface area contributed by atoms with E-state index in [0.29, 0.717) is 11.0 Å². The lowest BCUT2D eigenvalue weighted by molar-refractivity contribution is 0.381. The van der Waals surface area contributed by atoms with Crippen LogP contribution in [-0.4, -0.2) is 19.2 Å². The van der Waals surface area contributed by atoms with E-state index < -0.39 is 11.7 Å². The Bertz CT molecular complexity index is 1020. The lowest BCUT2D eigenvalue weighted by Crippen LogP contribution is -2.21. The highest BCUT2D eigenvalue weighted by atomic mass is 16.4. The van der Waals surface area contributed by atoms with E-state index in [9.17, 15) is 9.90 Å². The predicted molar refractivity (Wildman–Crippen MR) is 95.3 cm³/mol. The van der Waals surface area contributed by atoms with Crippen LogP contribution in [0.25, 0.3) is 11.0 Å². The lowest BCUT2D eigenvalue weighted by atomic mass is 9.92. The van der Waals surface area contributed by atoms with Crippen molar-refractivity contribution in [2.24, 2.45) is 10.2 Å². The van der Waals surface area contributed by atoms with Crippen LogP contribution in [-0.2, 0) is 0 Å². The lowest BCUT2D eigenvalue weighted by Gasteiger charge is -2.27. The second-order valence-corrected chi connectivity index (χ2v) is 6.25. The van der Waals surface area contributed by atoms with Gasteiger partial charge < -0.3 is 14.4 Å². The summed E-state index contributed by atoms with van der Waals surface area (Å²) in [4.78, 5) is 14.4. The summed E-state index contributed by atoms with van der Waals surface area (Å²) in [5.41, 5.74) is 1.96. The first-order valence-corrected chi connectivity index (χ1v) is 7.98. The third kappa shape index (κ3) is 2.46. The van der Waals surface area contributed by atoms with Crippen LogP contribution in [0.3, 0.4) is 0 Å². The highest BCUT2D eigenvalue weighted by Crippen LogP contribution is 2.46. The predicted octanol–water partition coefficient (Wildman–Crippen LogP) is 3.81. The molecule has 4 rings (SSSR count). The van der Waals surface area contributed by atoms with Crippen molar-refractivity contribution in [2.45, 2.75) is 12.1 Å². The summed E-state index contributed by atoms with van der Waals surface area (Å²) in [7, 11) is 3.94. The topological polar surface area (TPSA) is 78.4 Å². The maximum atomic E-state index is 12.4. The zero-order chi connectivity index (χ0) is 17.6. The number of fused-ring (bicyclic) bond motifs is 1. The molecule has 0 spiro atoms. The van der Waals surface area contributed by atoms with Crippen molar-refractivity contribution >= 4 is 16.7 Å². The first-order chi connectivity index (χ1) is 12.1. The Morgan fingerprint density at radius 2 is 1.68 bits per heavy atom. The van der Waals surface area contributed by atoms with Gasteiger partial charge in [-0.2, -0.15) is 10.2 Å². The summed E-state index contributed by atoms with van der Waals surface area (Å²) in [6, 6.07) is 14.0. The van der Waals surface area contributed by atoms with Gasteiger partial charge >= 0.3 is 5.63 Å². The Balaban J connectivity index is 1.75. The fourth-order valence-electron chi connectivity index (χ4n) is 3.04. The summed E-state index contributed by atoms with van der Waals surface area (Å²) in [6.07, 6.45) is 0. The van der Waals surface area contributed by atoms with Crippen LogP contribution in [0.15, 0.2) is 68.0 Å². The first kappa shape index (κ1) is 15.4. The van der Waals surface area contributed by atoms with Gasteiger partial charge in [-0.25, -0.2) is 4.79 Å². The highest BCUT2D eigenvalue weighted by molar-refractivity contribution is 5.84. The molecule has 1 aromatic heterocycles. The minimum absolute atomic E-state index is 0.0783. The van der Waals surface area contributed by atoms with Gasteiger partial charge in [0.05, 0.1) is 5.39 Å². The fourth-order valence-corrected chi connectivity index (χ4v) is 3.04. The van der Waals surface area contributed by atoms with E-state index in [2.05, 4.69) is 10.2 Å². The molecule has 0 bridgehead atoms. The molecule has 2 aromatic carbocycles. The molecule has 25 heavy (non-hydrogen) atoms. The van der Waals surface area contributed by atoms with Crippen LogP contribution >= 0.6 is 0 Å². The molecule has 2 unspecified atom stereocenters. The van der Waals surface area contributed by atoms with E-state index in [4.69, 9.17) is 4.42 Å². The van der Waals surface area contributed by atoms with E-state index in [0.717, 1.165) is 11.3 Å². The molecule has 0 radical (unpaired) electrons. The number of para-hydroxylation sites is 1. The maximum Gasteiger partial charge on any atom is 0.345 e. The van der Waals surface area contributed by atoms with Crippen LogP contribution in [0.1, 0.15) is 23.2 Å². The van der Waals surface area contributed by atoms with Gasteiger partial charge in [0.1, 0.15) is 29.0 Å². The third-order valence-corrected chi connectivity index (χ3v) is 4.48. The number of anilines is 1. The average Bonchev–Trinajstić information content (AvgIpc) is 2.58. The second kappa shape index (κ2) is 5.73. The fraction of sp³-hybridized carbons (Fsp3) is 0.211. The molecule has 6 heteroatoms. The molecule has 2 atom stereocenters. The molecule has 0 saturated carbocycles. The summed E-state index contributed by atoms with van der Waals surface area (Å²) in [5, 5.41) is 19.3. The molecule has 1 N–H and O–H groups in total. The van der Waals surface area contributed by atoms with Gasteiger partial charge in [0, 0.05) is 19.8 Å². The van der Waals surface area contributed by atoms with Crippen molar-refractivity contribution in [3.05, 3.63) is 70.1 Å². The van der Waals surface area contributed by atoms with Crippen molar-refractivity contribution in [1.82, 2.24) is 0 Å². The third-order valence-electron chi connectivity index (χ3n) is 4.48. The number of aromatic hydroxyl groups is 1. The molecule has 6 nitrogen and oxygen atoms in total. The standard InChI is InChI=1S/C19H17N3O3/c1-22(2)12-9-7-11(8-10-12)16-17(21-20-16)15-18(23)13-5-3-4-6-14(13)25-19(15)24/h3-10,16-17,23H,1-2H3. The molecule has 0 aliphatic carbocycles.